The first kappa shape index (κ1) is 22.2. The van der Waals surface area contributed by atoms with Crippen LogP contribution in [0.2, 0.25) is 0 Å². The molecule has 7 heteroatoms. The quantitative estimate of drug-likeness (QED) is 0.466. The smallest absolute Gasteiger partial charge is 0.238 e. The standard InChI is InChI=1S/C24H29N5O2/c1-4-17-7-6-8-18(10-17)19-11-21(24(26-13-19)22(30)5-2)28-23(31)15-25-14-20-9-16(3)12-27-29-20/h6-13,25,27,29H,4-5,14-15H2,1-3H3,(H,28,31). The minimum absolute atomic E-state index is 0.108. The number of nitrogens with zero attached hydrogens (tertiary/aromatic N) is 1. The van der Waals surface area contributed by atoms with Crippen molar-refractivity contribution in [1.82, 2.24) is 21.2 Å². The van der Waals surface area contributed by atoms with Crippen LogP contribution >= 0.6 is 0 Å². The van der Waals surface area contributed by atoms with Crippen LogP contribution in [0.5, 0.6) is 0 Å². The summed E-state index contributed by atoms with van der Waals surface area (Å²) in [7, 11) is 0. The largest absolute Gasteiger partial charge is 0.323 e. The molecule has 31 heavy (non-hydrogen) atoms. The number of ketones is 1. The highest BCUT2D eigenvalue weighted by molar-refractivity contribution is 6.04. The van der Waals surface area contributed by atoms with Crippen molar-refractivity contribution in [3.63, 3.8) is 0 Å². The lowest BCUT2D eigenvalue weighted by Crippen LogP contribution is -2.37. The molecule has 2 aromatic rings. The average molecular weight is 420 g/mol. The molecule has 0 fully saturated rings. The lowest BCUT2D eigenvalue weighted by molar-refractivity contribution is -0.115. The van der Waals surface area contributed by atoms with Crippen molar-refractivity contribution in [1.29, 1.82) is 0 Å². The number of pyridine rings is 1. The zero-order valence-corrected chi connectivity index (χ0v) is 18.2. The first-order valence-corrected chi connectivity index (χ1v) is 10.5. The summed E-state index contributed by atoms with van der Waals surface area (Å²) in [5.41, 5.74) is 11.8. The number of allylic oxidation sites excluding steroid dienone is 2. The summed E-state index contributed by atoms with van der Waals surface area (Å²) in [6, 6.07) is 10.00. The van der Waals surface area contributed by atoms with Gasteiger partial charge >= 0.3 is 0 Å². The molecule has 3 rings (SSSR count). The Morgan fingerprint density at radius 1 is 1.13 bits per heavy atom. The number of hydrogen-bond donors (Lipinski definition) is 4. The first-order chi connectivity index (χ1) is 15.0. The fraction of sp³-hybridized carbons (Fsp3) is 0.292. The van der Waals surface area contributed by atoms with Crippen LogP contribution in [-0.2, 0) is 11.2 Å². The highest BCUT2D eigenvalue weighted by Crippen LogP contribution is 2.26. The van der Waals surface area contributed by atoms with E-state index in [0.717, 1.165) is 28.8 Å². The third-order valence-electron chi connectivity index (χ3n) is 4.95. The van der Waals surface area contributed by atoms with Crippen LogP contribution in [0.1, 0.15) is 43.2 Å². The Morgan fingerprint density at radius 3 is 2.71 bits per heavy atom. The number of nitrogens with one attached hydrogen (secondary N) is 4. The maximum atomic E-state index is 12.6. The lowest BCUT2D eigenvalue weighted by atomic mass is 10.0. The molecule has 2 heterocycles. The Kier molecular flexibility index (Phi) is 7.56. The summed E-state index contributed by atoms with van der Waals surface area (Å²) in [6.45, 7) is 6.49. The topological polar surface area (TPSA) is 95.2 Å². The van der Waals surface area contributed by atoms with E-state index < -0.39 is 0 Å². The van der Waals surface area contributed by atoms with Crippen molar-refractivity contribution >= 4 is 17.4 Å². The number of aryl methyl sites for hydroxylation is 1. The second-order valence-corrected chi connectivity index (χ2v) is 7.43. The molecule has 7 nitrogen and oxygen atoms in total. The van der Waals surface area contributed by atoms with Crippen LogP contribution in [-0.4, -0.2) is 29.8 Å². The Labute approximate surface area is 183 Å². The number of Topliss-reactive ketones (excluding diaryl/α,β-unsaturated/α-hetero) is 1. The summed E-state index contributed by atoms with van der Waals surface area (Å²) in [5.74, 6) is -0.343. The second kappa shape index (κ2) is 10.5. The fourth-order valence-electron chi connectivity index (χ4n) is 3.27. The fourth-order valence-corrected chi connectivity index (χ4v) is 3.27. The van der Waals surface area contributed by atoms with Crippen LogP contribution in [0.3, 0.4) is 0 Å². The van der Waals surface area contributed by atoms with Gasteiger partial charge in [-0.15, -0.1) is 0 Å². The molecule has 1 aromatic carbocycles. The highest BCUT2D eigenvalue weighted by Gasteiger charge is 2.15. The van der Waals surface area contributed by atoms with Crippen molar-refractivity contribution in [2.24, 2.45) is 0 Å². The molecule has 0 radical (unpaired) electrons. The maximum absolute atomic E-state index is 12.6. The molecule has 0 saturated heterocycles. The zero-order chi connectivity index (χ0) is 22.2. The van der Waals surface area contributed by atoms with Crippen LogP contribution in [0, 0.1) is 0 Å². The molecule has 1 aromatic heterocycles. The van der Waals surface area contributed by atoms with Gasteiger partial charge < -0.3 is 21.5 Å². The molecule has 4 N–H and O–H groups in total. The number of benzene rings is 1. The molecular weight excluding hydrogens is 390 g/mol. The van der Waals surface area contributed by atoms with E-state index in [1.54, 1.807) is 13.1 Å². The lowest BCUT2D eigenvalue weighted by Gasteiger charge is -2.16. The molecular formula is C24H29N5O2. The third-order valence-corrected chi connectivity index (χ3v) is 4.95. The van der Waals surface area contributed by atoms with Crippen molar-refractivity contribution in [2.45, 2.75) is 33.6 Å². The SMILES string of the molecule is CCC(=O)c1ncc(-c2cccc(CC)c2)cc1NC(=O)CNCC1=CC(C)=CNN1. The number of anilines is 1. The molecule has 1 amide bonds. The summed E-state index contributed by atoms with van der Waals surface area (Å²) >= 11 is 0. The second-order valence-electron chi connectivity index (χ2n) is 7.43. The molecule has 162 valence electrons. The van der Waals surface area contributed by atoms with Crippen LogP contribution < -0.4 is 21.5 Å². The minimum atomic E-state index is -0.233. The predicted molar refractivity (Wildman–Crippen MR) is 123 cm³/mol. The number of carbonyl (C=O) groups excluding carboxylic acids is 2. The maximum Gasteiger partial charge on any atom is 0.238 e. The minimum Gasteiger partial charge on any atom is -0.323 e. The summed E-state index contributed by atoms with van der Waals surface area (Å²) in [6.07, 6.45) is 6.79. The monoisotopic (exact) mass is 419 g/mol. The van der Waals surface area contributed by atoms with E-state index >= 15 is 0 Å². The number of carbonyl (C=O) groups is 2. The van der Waals surface area contributed by atoms with Gasteiger partial charge in [0.2, 0.25) is 5.91 Å². The number of hydrogen-bond acceptors (Lipinski definition) is 6. The van der Waals surface area contributed by atoms with Crippen LogP contribution in [0.25, 0.3) is 11.1 Å². The van der Waals surface area contributed by atoms with E-state index in [9.17, 15) is 9.59 Å². The van der Waals surface area contributed by atoms with Gasteiger partial charge in [0.15, 0.2) is 5.78 Å². The van der Waals surface area contributed by atoms with E-state index in [1.807, 2.05) is 37.4 Å². The van der Waals surface area contributed by atoms with Crippen molar-refractivity contribution in [3.05, 3.63) is 71.3 Å². The Balaban J connectivity index is 1.73. The molecule has 0 saturated carbocycles. The van der Waals surface area contributed by atoms with Crippen molar-refractivity contribution < 1.29 is 9.59 Å². The van der Waals surface area contributed by atoms with Gasteiger partial charge in [-0.3, -0.25) is 14.6 Å². The molecule has 0 spiro atoms. The molecule has 0 aliphatic carbocycles. The van der Waals surface area contributed by atoms with Crippen molar-refractivity contribution in [2.75, 3.05) is 18.4 Å². The van der Waals surface area contributed by atoms with Gasteiger partial charge in [0.1, 0.15) is 5.69 Å². The Hall–Kier alpha value is -3.45. The zero-order valence-electron chi connectivity index (χ0n) is 18.2. The van der Waals surface area contributed by atoms with Gasteiger partial charge in [-0.05, 0) is 42.2 Å². The van der Waals surface area contributed by atoms with E-state index in [0.29, 0.717) is 18.7 Å². The normalized spacial score (nSPS) is 12.9. The summed E-state index contributed by atoms with van der Waals surface area (Å²) in [4.78, 5) is 29.3. The Bertz CT molecular complexity index is 1030. The van der Waals surface area contributed by atoms with E-state index in [1.165, 1.54) is 5.56 Å². The van der Waals surface area contributed by atoms with Crippen LogP contribution in [0.4, 0.5) is 5.69 Å². The highest BCUT2D eigenvalue weighted by atomic mass is 16.2. The van der Waals surface area contributed by atoms with Crippen LogP contribution in [0.15, 0.2) is 60.1 Å². The van der Waals surface area contributed by atoms with Gasteiger partial charge in [0.05, 0.1) is 12.2 Å². The molecule has 0 bridgehead atoms. The number of aromatic nitrogens is 1. The molecule has 1 aliphatic rings. The van der Waals surface area contributed by atoms with Gasteiger partial charge in [0, 0.05) is 36.6 Å². The predicted octanol–water partition coefficient (Wildman–Crippen LogP) is 3.33. The summed E-state index contributed by atoms with van der Waals surface area (Å²) < 4.78 is 0. The number of hydrazine groups is 1. The van der Waals surface area contributed by atoms with Gasteiger partial charge in [-0.1, -0.05) is 38.1 Å². The van der Waals surface area contributed by atoms with Crippen molar-refractivity contribution in [3.8, 4) is 11.1 Å². The molecule has 0 atom stereocenters. The van der Waals surface area contributed by atoms with Gasteiger partial charge in [0.25, 0.3) is 0 Å². The average Bonchev–Trinajstić information content (AvgIpc) is 2.78. The van der Waals surface area contributed by atoms with E-state index in [4.69, 9.17) is 0 Å². The number of rotatable bonds is 9. The third kappa shape index (κ3) is 6.02. The first-order valence-electron chi connectivity index (χ1n) is 10.5. The Morgan fingerprint density at radius 2 is 1.97 bits per heavy atom. The van der Waals surface area contributed by atoms with E-state index in [2.05, 4.69) is 45.5 Å². The van der Waals surface area contributed by atoms with Gasteiger partial charge in [-0.2, -0.15) is 0 Å². The molecule has 1 aliphatic heterocycles. The molecule has 0 unspecified atom stereocenters. The number of amides is 1. The summed E-state index contributed by atoms with van der Waals surface area (Å²) in [5, 5.41) is 5.96. The van der Waals surface area contributed by atoms with Gasteiger partial charge in [-0.25, -0.2) is 0 Å². The van der Waals surface area contributed by atoms with E-state index in [-0.39, 0.29) is 23.9 Å².